The molecule has 3 heterocycles. The monoisotopic (exact) mass is 484 g/mol. The maximum Gasteiger partial charge on any atom is 0.263 e. The molecule has 1 aliphatic heterocycles. The van der Waals surface area contributed by atoms with Crippen molar-refractivity contribution >= 4 is 38.8 Å². The summed E-state index contributed by atoms with van der Waals surface area (Å²) in [5.74, 6) is 1.28. The van der Waals surface area contributed by atoms with Crippen molar-refractivity contribution in [2.75, 3.05) is 22.7 Å². The van der Waals surface area contributed by atoms with Crippen molar-refractivity contribution < 1.29 is 13.2 Å². The highest BCUT2D eigenvalue weighted by Gasteiger charge is 2.24. The van der Waals surface area contributed by atoms with Gasteiger partial charge in [-0.15, -0.1) is 11.3 Å². The summed E-state index contributed by atoms with van der Waals surface area (Å²) >= 11 is 1.10. The Balaban J connectivity index is 1.38. The molecule has 0 bridgehead atoms. The summed E-state index contributed by atoms with van der Waals surface area (Å²) in [4.78, 5) is 19.7. The van der Waals surface area contributed by atoms with E-state index >= 15 is 0 Å². The van der Waals surface area contributed by atoms with E-state index < -0.39 is 15.9 Å². The number of carbonyl (C=O) groups excluding carboxylic acids is 1. The number of rotatable bonds is 7. The van der Waals surface area contributed by atoms with Gasteiger partial charge in [0.25, 0.3) is 15.9 Å². The molecule has 7 nitrogen and oxygen atoms in total. The zero-order valence-electron chi connectivity index (χ0n) is 18.7. The summed E-state index contributed by atoms with van der Waals surface area (Å²) in [6, 6.07) is 12.4. The number of sulfonamides is 1. The fourth-order valence-corrected chi connectivity index (χ4v) is 6.12. The van der Waals surface area contributed by atoms with Crippen molar-refractivity contribution in [2.45, 2.75) is 38.1 Å². The van der Waals surface area contributed by atoms with Gasteiger partial charge in [0.1, 0.15) is 15.6 Å². The predicted octanol–water partition coefficient (Wildman–Crippen LogP) is 4.42. The number of carbonyl (C=O) groups is 1. The predicted molar refractivity (Wildman–Crippen MR) is 132 cm³/mol. The van der Waals surface area contributed by atoms with E-state index in [1.54, 1.807) is 23.7 Å². The van der Waals surface area contributed by atoms with Gasteiger partial charge in [-0.3, -0.25) is 9.52 Å². The van der Waals surface area contributed by atoms with Crippen LogP contribution in [-0.4, -0.2) is 32.4 Å². The van der Waals surface area contributed by atoms with Crippen molar-refractivity contribution in [3.05, 3.63) is 70.0 Å². The second-order valence-electron chi connectivity index (χ2n) is 8.46. The van der Waals surface area contributed by atoms with Crippen LogP contribution in [0.1, 0.15) is 40.6 Å². The van der Waals surface area contributed by atoms with Crippen LogP contribution in [0.2, 0.25) is 0 Å². The van der Waals surface area contributed by atoms with Crippen LogP contribution in [0.5, 0.6) is 0 Å². The first-order valence-corrected chi connectivity index (χ1v) is 13.3. The average Bonchev–Trinajstić information content (AvgIpc) is 3.31. The zero-order chi connectivity index (χ0) is 23.4. The molecular formula is C24H28N4O3S2. The lowest BCUT2D eigenvalue weighted by atomic mass is 9.99. The average molecular weight is 485 g/mol. The number of aryl methyl sites for hydroxylation is 1. The van der Waals surface area contributed by atoms with Crippen LogP contribution in [0.4, 0.5) is 11.5 Å². The highest BCUT2D eigenvalue weighted by atomic mass is 32.2. The van der Waals surface area contributed by atoms with E-state index in [2.05, 4.69) is 26.8 Å². The van der Waals surface area contributed by atoms with Crippen LogP contribution < -0.4 is 14.9 Å². The van der Waals surface area contributed by atoms with E-state index in [0.717, 1.165) is 47.3 Å². The maximum absolute atomic E-state index is 12.9. The summed E-state index contributed by atoms with van der Waals surface area (Å²) < 4.78 is 28.3. The molecule has 2 aromatic heterocycles. The molecule has 1 aromatic carbocycles. The number of nitrogens with zero attached hydrogens (tertiary/aromatic N) is 2. The van der Waals surface area contributed by atoms with Gasteiger partial charge in [0.2, 0.25) is 0 Å². The van der Waals surface area contributed by atoms with Gasteiger partial charge >= 0.3 is 0 Å². The second kappa shape index (κ2) is 9.93. The summed E-state index contributed by atoms with van der Waals surface area (Å²) in [6.07, 6.45) is 4.10. The van der Waals surface area contributed by atoms with Crippen molar-refractivity contribution in [3.8, 4) is 0 Å². The fraction of sp³-hybridized carbons (Fsp3) is 0.333. The highest BCUT2D eigenvalue weighted by molar-refractivity contribution is 7.93. The lowest BCUT2D eigenvalue weighted by Gasteiger charge is -2.31. The lowest BCUT2D eigenvalue weighted by Crippen LogP contribution is -2.33. The van der Waals surface area contributed by atoms with Gasteiger partial charge in [-0.25, -0.2) is 13.4 Å². The molecule has 2 N–H and O–H groups in total. The van der Waals surface area contributed by atoms with E-state index in [0.29, 0.717) is 5.69 Å². The molecule has 0 aliphatic carbocycles. The fourth-order valence-electron chi connectivity index (χ4n) is 3.72. The van der Waals surface area contributed by atoms with Crippen molar-refractivity contribution in [2.24, 2.45) is 5.92 Å². The molecule has 0 unspecified atom stereocenters. The van der Waals surface area contributed by atoms with Crippen LogP contribution in [0, 0.1) is 12.8 Å². The summed E-state index contributed by atoms with van der Waals surface area (Å²) in [6.45, 7) is 6.50. The normalized spacial score (nSPS) is 14.8. The smallest absolute Gasteiger partial charge is 0.263 e. The number of nitrogens with one attached hydrogen (secondary N) is 2. The number of pyridine rings is 1. The van der Waals surface area contributed by atoms with Gasteiger partial charge in [-0.2, -0.15) is 0 Å². The molecule has 174 valence electrons. The Morgan fingerprint density at radius 3 is 2.52 bits per heavy atom. The molecule has 33 heavy (non-hydrogen) atoms. The third-order valence-electron chi connectivity index (χ3n) is 5.80. The quantitative estimate of drug-likeness (QED) is 0.518. The van der Waals surface area contributed by atoms with Gasteiger partial charge in [0.05, 0.1) is 0 Å². The minimum Gasteiger partial charge on any atom is -0.357 e. The Kier molecular flexibility index (Phi) is 6.99. The van der Waals surface area contributed by atoms with Crippen molar-refractivity contribution in [1.82, 2.24) is 10.3 Å². The molecule has 1 saturated heterocycles. The number of hydrogen-bond acceptors (Lipinski definition) is 6. The first-order valence-electron chi connectivity index (χ1n) is 11.0. The number of thiophene rings is 1. The Morgan fingerprint density at radius 2 is 1.85 bits per heavy atom. The van der Waals surface area contributed by atoms with Crippen molar-refractivity contribution in [3.63, 3.8) is 0 Å². The third-order valence-corrected chi connectivity index (χ3v) is 8.26. The number of amides is 1. The molecule has 9 heteroatoms. The van der Waals surface area contributed by atoms with E-state index in [1.807, 2.05) is 31.2 Å². The third kappa shape index (κ3) is 5.72. The van der Waals surface area contributed by atoms with Gasteiger partial charge in [-0.1, -0.05) is 30.7 Å². The van der Waals surface area contributed by atoms with Gasteiger partial charge in [-0.05, 0) is 60.9 Å². The minimum atomic E-state index is -3.88. The summed E-state index contributed by atoms with van der Waals surface area (Å²) in [5.41, 5.74) is 2.34. The van der Waals surface area contributed by atoms with Gasteiger partial charge < -0.3 is 10.2 Å². The Labute approximate surface area is 198 Å². The minimum absolute atomic E-state index is 0.0293. The molecule has 0 spiro atoms. The summed E-state index contributed by atoms with van der Waals surface area (Å²) in [7, 11) is -3.88. The maximum atomic E-state index is 12.9. The molecule has 3 aromatic rings. The van der Waals surface area contributed by atoms with E-state index in [1.165, 1.54) is 18.9 Å². The Bertz CT molecular complexity index is 1200. The number of anilines is 2. The van der Waals surface area contributed by atoms with Crippen molar-refractivity contribution in [1.29, 1.82) is 0 Å². The SMILES string of the molecule is Cc1ccc(NS(=O)(=O)c2ccsc2C(=O)NCc2ccc(N3CCC(C)CC3)nc2)cc1. The number of aromatic nitrogens is 1. The molecular weight excluding hydrogens is 456 g/mol. The zero-order valence-corrected chi connectivity index (χ0v) is 20.4. The van der Waals surface area contributed by atoms with Gasteiger partial charge in [0.15, 0.2) is 0 Å². The van der Waals surface area contributed by atoms with E-state index in [-0.39, 0.29) is 16.3 Å². The Hall–Kier alpha value is -2.91. The second-order valence-corrected chi connectivity index (χ2v) is 11.0. The Morgan fingerprint density at radius 1 is 1.12 bits per heavy atom. The van der Waals surface area contributed by atoms with Crippen LogP contribution in [0.15, 0.2) is 58.9 Å². The number of hydrogen-bond donors (Lipinski definition) is 2. The lowest BCUT2D eigenvalue weighted by molar-refractivity contribution is 0.0952. The van der Waals surface area contributed by atoms with E-state index in [4.69, 9.17) is 0 Å². The van der Waals surface area contributed by atoms with Crippen LogP contribution >= 0.6 is 11.3 Å². The van der Waals surface area contributed by atoms with E-state index in [9.17, 15) is 13.2 Å². The molecule has 0 atom stereocenters. The number of piperidine rings is 1. The standard InChI is InChI=1S/C24H28N4O3S2/c1-17-3-6-20(7-4-17)27-33(30,31)21-11-14-32-23(21)24(29)26-16-19-5-8-22(25-15-19)28-12-9-18(2)10-13-28/h3-8,11,14-15,18,27H,9-10,12-13,16H2,1-2H3,(H,26,29). The highest BCUT2D eigenvalue weighted by Crippen LogP contribution is 2.25. The molecule has 1 aliphatic rings. The molecule has 1 amide bonds. The molecule has 0 radical (unpaired) electrons. The number of benzene rings is 1. The van der Waals surface area contributed by atoms with Crippen LogP contribution in [-0.2, 0) is 16.6 Å². The molecule has 1 fully saturated rings. The van der Waals surface area contributed by atoms with Gasteiger partial charge in [0, 0.05) is 31.5 Å². The van der Waals surface area contributed by atoms with Crippen LogP contribution in [0.25, 0.3) is 0 Å². The first-order chi connectivity index (χ1) is 15.8. The largest absolute Gasteiger partial charge is 0.357 e. The molecule has 4 rings (SSSR count). The topological polar surface area (TPSA) is 91.4 Å². The first kappa shape index (κ1) is 23.3. The summed E-state index contributed by atoms with van der Waals surface area (Å²) in [5, 5.41) is 4.42. The van der Waals surface area contributed by atoms with Crippen LogP contribution in [0.3, 0.4) is 0 Å². The molecule has 0 saturated carbocycles.